The summed E-state index contributed by atoms with van der Waals surface area (Å²) in [5, 5.41) is 12.0. The van der Waals surface area contributed by atoms with E-state index in [0.717, 1.165) is 6.42 Å². The quantitative estimate of drug-likeness (QED) is 0.826. The van der Waals surface area contributed by atoms with Crippen molar-refractivity contribution in [3.63, 3.8) is 0 Å². The summed E-state index contributed by atoms with van der Waals surface area (Å²) < 4.78 is 0. The lowest BCUT2D eigenvalue weighted by atomic mass is 9.94. The largest absolute Gasteiger partial charge is 0.480 e. The number of hydrogen-bond donors (Lipinski definition) is 2. The molecular formula is C19H26N2O4. The molecular weight excluding hydrogens is 320 g/mol. The zero-order chi connectivity index (χ0) is 18.4. The fraction of sp³-hybridized carbons (Fsp3) is 0.526. The fourth-order valence-electron chi connectivity index (χ4n) is 3.09. The maximum absolute atomic E-state index is 12.6. The van der Waals surface area contributed by atoms with Crippen molar-refractivity contribution in [1.82, 2.24) is 10.2 Å². The van der Waals surface area contributed by atoms with E-state index >= 15 is 0 Å². The summed E-state index contributed by atoms with van der Waals surface area (Å²) in [6.07, 6.45) is 2.06. The Hall–Kier alpha value is -2.37. The molecule has 1 aromatic carbocycles. The number of likely N-dealkylation sites (tertiary alicyclic amines) is 1. The lowest BCUT2D eigenvalue weighted by Gasteiger charge is -2.33. The monoisotopic (exact) mass is 346 g/mol. The predicted molar refractivity (Wildman–Crippen MR) is 94.1 cm³/mol. The summed E-state index contributed by atoms with van der Waals surface area (Å²) in [5.74, 6) is -1.90. The van der Waals surface area contributed by atoms with E-state index in [0.29, 0.717) is 31.5 Å². The molecule has 1 heterocycles. The summed E-state index contributed by atoms with van der Waals surface area (Å²) in [6.45, 7) is 4.65. The molecule has 1 aliphatic heterocycles. The molecule has 2 amide bonds. The number of nitrogens with zero attached hydrogens (tertiary/aromatic N) is 1. The molecule has 3 atom stereocenters. The van der Waals surface area contributed by atoms with Crippen molar-refractivity contribution < 1.29 is 19.5 Å². The van der Waals surface area contributed by atoms with Crippen LogP contribution in [0.2, 0.25) is 0 Å². The molecule has 1 aliphatic rings. The number of benzene rings is 1. The highest BCUT2D eigenvalue weighted by Crippen LogP contribution is 2.20. The number of carbonyl (C=O) groups is 3. The van der Waals surface area contributed by atoms with Gasteiger partial charge in [0.1, 0.15) is 6.04 Å². The maximum Gasteiger partial charge on any atom is 0.326 e. The second kappa shape index (κ2) is 8.65. The lowest BCUT2D eigenvalue weighted by molar-refractivity contribution is -0.144. The van der Waals surface area contributed by atoms with Gasteiger partial charge in [0.2, 0.25) is 5.91 Å². The maximum atomic E-state index is 12.6. The second-order valence-corrected chi connectivity index (χ2v) is 6.67. The number of piperidine rings is 1. The number of carboxylic acids is 1. The molecule has 136 valence electrons. The number of carboxylic acid groups (broad SMARTS) is 1. The van der Waals surface area contributed by atoms with Gasteiger partial charge < -0.3 is 15.3 Å². The molecule has 0 aromatic heterocycles. The molecule has 0 saturated carbocycles. The van der Waals surface area contributed by atoms with Crippen LogP contribution in [0.4, 0.5) is 0 Å². The molecule has 1 aromatic rings. The van der Waals surface area contributed by atoms with Gasteiger partial charge in [-0.05, 0) is 30.9 Å². The van der Waals surface area contributed by atoms with Crippen LogP contribution < -0.4 is 5.32 Å². The lowest BCUT2D eigenvalue weighted by Crippen LogP contribution is -2.51. The van der Waals surface area contributed by atoms with Crippen LogP contribution in [0.3, 0.4) is 0 Å². The molecule has 6 heteroatoms. The molecule has 1 fully saturated rings. The minimum Gasteiger partial charge on any atom is -0.480 e. The van der Waals surface area contributed by atoms with Crippen molar-refractivity contribution in [1.29, 1.82) is 0 Å². The van der Waals surface area contributed by atoms with Gasteiger partial charge in [-0.25, -0.2) is 4.79 Å². The molecule has 0 spiro atoms. The van der Waals surface area contributed by atoms with Crippen LogP contribution >= 0.6 is 0 Å². The number of aliphatic carboxylic acids is 1. The van der Waals surface area contributed by atoms with E-state index in [4.69, 9.17) is 0 Å². The van der Waals surface area contributed by atoms with Gasteiger partial charge in [0.25, 0.3) is 5.91 Å². The Morgan fingerprint density at radius 3 is 2.56 bits per heavy atom. The Kier molecular flexibility index (Phi) is 6.56. The van der Waals surface area contributed by atoms with Gasteiger partial charge >= 0.3 is 5.97 Å². The van der Waals surface area contributed by atoms with E-state index in [2.05, 4.69) is 5.32 Å². The molecule has 0 aliphatic carbocycles. The topological polar surface area (TPSA) is 86.7 Å². The SMILES string of the molecule is CCC(C)C(NC(=O)C1CCCN(C(=O)c2ccccc2)C1)C(=O)O. The Labute approximate surface area is 148 Å². The van der Waals surface area contributed by atoms with Crippen LogP contribution in [0.1, 0.15) is 43.5 Å². The van der Waals surface area contributed by atoms with E-state index < -0.39 is 12.0 Å². The molecule has 6 nitrogen and oxygen atoms in total. The Bertz CT molecular complexity index is 617. The number of rotatable bonds is 6. The van der Waals surface area contributed by atoms with Crippen LogP contribution in [-0.4, -0.2) is 46.9 Å². The highest BCUT2D eigenvalue weighted by Gasteiger charge is 2.32. The van der Waals surface area contributed by atoms with Crippen LogP contribution in [0.5, 0.6) is 0 Å². The highest BCUT2D eigenvalue weighted by atomic mass is 16.4. The molecule has 0 bridgehead atoms. The zero-order valence-corrected chi connectivity index (χ0v) is 14.8. The van der Waals surface area contributed by atoms with Gasteiger partial charge in [0.05, 0.1) is 5.92 Å². The minimum absolute atomic E-state index is 0.0881. The highest BCUT2D eigenvalue weighted by molar-refractivity contribution is 5.94. The van der Waals surface area contributed by atoms with Gasteiger partial charge in [-0.15, -0.1) is 0 Å². The normalized spacial score (nSPS) is 19.8. The first-order chi connectivity index (χ1) is 11.9. The molecule has 1 saturated heterocycles. The van der Waals surface area contributed by atoms with E-state index in [1.165, 1.54) is 0 Å². The van der Waals surface area contributed by atoms with E-state index in [1.807, 2.05) is 32.0 Å². The number of amides is 2. The Balaban J connectivity index is 2.01. The van der Waals surface area contributed by atoms with Crippen molar-refractivity contribution in [2.45, 2.75) is 39.2 Å². The van der Waals surface area contributed by atoms with Gasteiger partial charge in [-0.1, -0.05) is 38.5 Å². The molecule has 2 rings (SSSR count). The van der Waals surface area contributed by atoms with Gasteiger partial charge in [-0.2, -0.15) is 0 Å². The van der Waals surface area contributed by atoms with Gasteiger partial charge in [-0.3, -0.25) is 9.59 Å². The summed E-state index contributed by atoms with van der Waals surface area (Å²) >= 11 is 0. The van der Waals surface area contributed by atoms with Gasteiger partial charge in [0, 0.05) is 18.7 Å². The molecule has 3 unspecified atom stereocenters. The van der Waals surface area contributed by atoms with Gasteiger partial charge in [0.15, 0.2) is 0 Å². The van der Waals surface area contributed by atoms with Crippen molar-refractivity contribution in [2.24, 2.45) is 11.8 Å². The van der Waals surface area contributed by atoms with Crippen LogP contribution in [-0.2, 0) is 9.59 Å². The zero-order valence-electron chi connectivity index (χ0n) is 14.8. The first kappa shape index (κ1) is 19.0. The van der Waals surface area contributed by atoms with Crippen molar-refractivity contribution in [3.8, 4) is 0 Å². The van der Waals surface area contributed by atoms with Crippen molar-refractivity contribution in [2.75, 3.05) is 13.1 Å². The number of carbonyl (C=O) groups excluding carboxylic acids is 2. The third-order valence-corrected chi connectivity index (χ3v) is 4.88. The third kappa shape index (κ3) is 4.81. The Morgan fingerprint density at radius 1 is 1.28 bits per heavy atom. The van der Waals surface area contributed by atoms with Crippen LogP contribution in [0.25, 0.3) is 0 Å². The Morgan fingerprint density at radius 2 is 1.96 bits per heavy atom. The number of nitrogens with one attached hydrogen (secondary N) is 1. The second-order valence-electron chi connectivity index (χ2n) is 6.67. The average Bonchev–Trinajstić information content (AvgIpc) is 2.65. The standard InChI is InChI=1S/C19H26N2O4/c1-3-13(2)16(19(24)25)20-17(22)15-10-7-11-21(12-15)18(23)14-8-5-4-6-9-14/h4-6,8-9,13,15-16H,3,7,10-12H2,1-2H3,(H,20,22)(H,24,25). The van der Waals surface area contributed by atoms with Crippen molar-refractivity contribution in [3.05, 3.63) is 35.9 Å². The summed E-state index contributed by atoms with van der Waals surface area (Å²) in [7, 11) is 0. The molecule has 2 N–H and O–H groups in total. The van der Waals surface area contributed by atoms with Crippen LogP contribution in [0.15, 0.2) is 30.3 Å². The first-order valence-electron chi connectivity index (χ1n) is 8.81. The van der Waals surface area contributed by atoms with E-state index in [-0.39, 0.29) is 23.7 Å². The fourth-order valence-corrected chi connectivity index (χ4v) is 3.09. The average molecular weight is 346 g/mol. The molecule has 0 radical (unpaired) electrons. The predicted octanol–water partition coefficient (Wildman–Crippen LogP) is 2.15. The third-order valence-electron chi connectivity index (χ3n) is 4.88. The smallest absolute Gasteiger partial charge is 0.326 e. The summed E-state index contributed by atoms with van der Waals surface area (Å²) in [5.41, 5.74) is 0.603. The minimum atomic E-state index is -1.02. The van der Waals surface area contributed by atoms with E-state index in [1.54, 1.807) is 17.0 Å². The van der Waals surface area contributed by atoms with Crippen molar-refractivity contribution >= 4 is 17.8 Å². The summed E-state index contributed by atoms with van der Waals surface area (Å²) in [6, 6.07) is 8.10. The van der Waals surface area contributed by atoms with Crippen LogP contribution in [0, 0.1) is 11.8 Å². The van der Waals surface area contributed by atoms with E-state index in [9.17, 15) is 19.5 Å². The summed E-state index contributed by atoms with van der Waals surface area (Å²) in [4.78, 5) is 38.2. The number of hydrogen-bond acceptors (Lipinski definition) is 3. The first-order valence-corrected chi connectivity index (χ1v) is 8.81. The molecule has 25 heavy (non-hydrogen) atoms.